The Hall–Kier alpha value is -0.930. The molecule has 0 aliphatic carbocycles. The van der Waals surface area contributed by atoms with Gasteiger partial charge < -0.3 is 0 Å². The van der Waals surface area contributed by atoms with Crippen LogP contribution >= 0.6 is 0 Å². The number of aromatic nitrogens is 4. The Bertz CT molecular complexity index is 181. The van der Waals surface area contributed by atoms with Gasteiger partial charge in [0.05, 0.1) is 6.54 Å². The molecular formula is C5H10N4. The lowest BCUT2D eigenvalue weighted by atomic mass is 10.5. The highest BCUT2D eigenvalue weighted by atomic mass is 15.6. The molecule has 0 bridgehead atoms. The van der Waals surface area contributed by atoms with Crippen LogP contribution in [-0.2, 0) is 6.54 Å². The third-order valence-electron chi connectivity index (χ3n) is 0.976. The Labute approximate surface area is 53.9 Å². The van der Waals surface area contributed by atoms with E-state index in [0.717, 1.165) is 18.8 Å². The van der Waals surface area contributed by atoms with Crippen molar-refractivity contribution in [3.63, 3.8) is 0 Å². The molecule has 0 N–H and O–H groups in total. The quantitative estimate of drug-likeness (QED) is 0.575. The maximum atomic E-state index is 3.99. The van der Waals surface area contributed by atoms with E-state index in [-0.39, 0.29) is 0 Å². The molecule has 0 fully saturated rings. The van der Waals surface area contributed by atoms with Crippen LogP contribution in [0.2, 0.25) is 0 Å². The number of hydrogen-bond acceptors (Lipinski definition) is 3. The standard InChI is InChI=1S/C5H10N4/c1-3-4-9-7-5(2)6-8-9/h3-4H2,1-2H3. The molecule has 1 rings (SSSR count). The summed E-state index contributed by atoms with van der Waals surface area (Å²) in [6.07, 6.45) is 1.05. The second-order valence-electron chi connectivity index (χ2n) is 1.93. The van der Waals surface area contributed by atoms with Gasteiger partial charge in [0.25, 0.3) is 0 Å². The molecule has 4 heteroatoms. The van der Waals surface area contributed by atoms with Crippen LogP contribution in [0.5, 0.6) is 0 Å². The largest absolute Gasteiger partial charge is 0.171 e. The molecule has 0 aromatic carbocycles. The number of nitrogens with zero attached hydrogens (tertiary/aromatic N) is 4. The highest BCUT2D eigenvalue weighted by Crippen LogP contribution is 1.83. The molecule has 9 heavy (non-hydrogen) atoms. The summed E-state index contributed by atoms with van der Waals surface area (Å²) >= 11 is 0. The normalized spacial score (nSPS) is 10.0. The molecule has 1 aromatic rings. The maximum absolute atomic E-state index is 3.99. The molecule has 0 saturated carbocycles. The fourth-order valence-corrected chi connectivity index (χ4v) is 0.618. The summed E-state index contributed by atoms with van der Waals surface area (Å²) in [6, 6.07) is 0. The molecule has 0 amide bonds. The van der Waals surface area contributed by atoms with E-state index in [1.807, 2.05) is 6.92 Å². The van der Waals surface area contributed by atoms with Crippen LogP contribution in [0.15, 0.2) is 0 Å². The lowest BCUT2D eigenvalue weighted by Crippen LogP contribution is -2.00. The van der Waals surface area contributed by atoms with Crippen molar-refractivity contribution in [1.82, 2.24) is 20.2 Å². The summed E-state index contributed by atoms with van der Waals surface area (Å²) in [5.41, 5.74) is 0. The molecule has 0 radical (unpaired) electrons. The summed E-state index contributed by atoms with van der Waals surface area (Å²) in [4.78, 5) is 1.61. The average Bonchev–Trinajstić information content (AvgIpc) is 2.17. The minimum atomic E-state index is 0.739. The first-order valence-electron chi connectivity index (χ1n) is 3.07. The lowest BCUT2D eigenvalue weighted by molar-refractivity contribution is 0.513. The van der Waals surface area contributed by atoms with Crippen molar-refractivity contribution in [2.24, 2.45) is 0 Å². The van der Waals surface area contributed by atoms with Crippen molar-refractivity contribution in [1.29, 1.82) is 0 Å². The van der Waals surface area contributed by atoms with Crippen molar-refractivity contribution < 1.29 is 0 Å². The van der Waals surface area contributed by atoms with Crippen molar-refractivity contribution in [2.45, 2.75) is 26.8 Å². The van der Waals surface area contributed by atoms with E-state index >= 15 is 0 Å². The SMILES string of the molecule is CCCn1nnc(C)n1. The number of aryl methyl sites for hydroxylation is 2. The summed E-state index contributed by atoms with van der Waals surface area (Å²) in [5, 5.41) is 11.5. The Morgan fingerprint density at radius 3 is 2.78 bits per heavy atom. The van der Waals surface area contributed by atoms with Crippen LogP contribution in [0.1, 0.15) is 19.2 Å². The van der Waals surface area contributed by atoms with E-state index < -0.39 is 0 Å². The van der Waals surface area contributed by atoms with Crippen LogP contribution in [0.25, 0.3) is 0 Å². The molecule has 0 atom stereocenters. The third kappa shape index (κ3) is 1.48. The van der Waals surface area contributed by atoms with Gasteiger partial charge in [0.1, 0.15) is 0 Å². The van der Waals surface area contributed by atoms with Crippen LogP contribution in [-0.4, -0.2) is 20.2 Å². The Morgan fingerprint density at radius 1 is 1.56 bits per heavy atom. The fraction of sp³-hybridized carbons (Fsp3) is 0.800. The molecule has 0 spiro atoms. The van der Waals surface area contributed by atoms with Gasteiger partial charge in [0.2, 0.25) is 0 Å². The van der Waals surface area contributed by atoms with Gasteiger partial charge in [-0.1, -0.05) is 6.92 Å². The number of hydrogen-bond donors (Lipinski definition) is 0. The summed E-state index contributed by atoms with van der Waals surface area (Å²) in [5.74, 6) is 0.739. The van der Waals surface area contributed by atoms with E-state index in [1.54, 1.807) is 4.80 Å². The topological polar surface area (TPSA) is 43.6 Å². The van der Waals surface area contributed by atoms with E-state index in [1.165, 1.54) is 0 Å². The van der Waals surface area contributed by atoms with Crippen LogP contribution < -0.4 is 0 Å². The highest BCUT2D eigenvalue weighted by molar-refractivity contribution is 4.66. The highest BCUT2D eigenvalue weighted by Gasteiger charge is 1.92. The number of rotatable bonds is 2. The first kappa shape index (κ1) is 6.19. The molecule has 50 valence electrons. The molecule has 4 nitrogen and oxygen atoms in total. The summed E-state index contributed by atoms with van der Waals surface area (Å²) in [6.45, 7) is 4.78. The van der Waals surface area contributed by atoms with Crippen LogP contribution in [0, 0.1) is 6.92 Å². The van der Waals surface area contributed by atoms with Gasteiger partial charge in [-0.2, -0.15) is 4.80 Å². The predicted molar refractivity (Wildman–Crippen MR) is 32.8 cm³/mol. The lowest BCUT2D eigenvalue weighted by Gasteiger charge is -1.89. The summed E-state index contributed by atoms with van der Waals surface area (Å²) < 4.78 is 0. The zero-order valence-corrected chi connectivity index (χ0v) is 5.70. The van der Waals surface area contributed by atoms with Crippen molar-refractivity contribution in [2.75, 3.05) is 0 Å². The van der Waals surface area contributed by atoms with Gasteiger partial charge in [0, 0.05) is 0 Å². The summed E-state index contributed by atoms with van der Waals surface area (Å²) in [7, 11) is 0. The molecule has 0 aliphatic heterocycles. The van der Waals surface area contributed by atoms with Gasteiger partial charge in [-0.15, -0.1) is 10.2 Å². The molecule has 0 saturated heterocycles. The first-order chi connectivity index (χ1) is 4.33. The first-order valence-corrected chi connectivity index (χ1v) is 3.07. The van der Waals surface area contributed by atoms with Gasteiger partial charge in [-0.25, -0.2) is 0 Å². The average molecular weight is 126 g/mol. The predicted octanol–water partition coefficient (Wildman–Crippen LogP) is 0.392. The molecule has 1 aromatic heterocycles. The monoisotopic (exact) mass is 126 g/mol. The van der Waals surface area contributed by atoms with E-state index in [9.17, 15) is 0 Å². The maximum Gasteiger partial charge on any atom is 0.171 e. The van der Waals surface area contributed by atoms with Crippen molar-refractivity contribution in [3.05, 3.63) is 5.82 Å². The van der Waals surface area contributed by atoms with Crippen molar-refractivity contribution in [3.8, 4) is 0 Å². The van der Waals surface area contributed by atoms with Gasteiger partial charge in [-0.3, -0.25) is 0 Å². The minimum absolute atomic E-state index is 0.739. The van der Waals surface area contributed by atoms with E-state index in [2.05, 4.69) is 22.3 Å². The fourth-order valence-electron chi connectivity index (χ4n) is 0.618. The Balaban J connectivity index is 2.61. The minimum Gasteiger partial charge on any atom is -0.164 e. The second-order valence-corrected chi connectivity index (χ2v) is 1.93. The van der Waals surface area contributed by atoms with Crippen LogP contribution in [0.3, 0.4) is 0 Å². The molecular weight excluding hydrogens is 116 g/mol. The van der Waals surface area contributed by atoms with Gasteiger partial charge in [0.15, 0.2) is 5.82 Å². The third-order valence-corrected chi connectivity index (χ3v) is 0.976. The number of tetrazole rings is 1. The zero-order chi connectivity index (χ0) is 6.69. The zero-order valence-electron chi connectivity index (χ0n) is 5.70. The molecule has 0 unspecified atom stereocenters. The van der Waals surface area contributed by atoms with Gasteiger partial charge >= 0.3 is 0 Å². The van der Waals surface area contributed by atoms with Gasteiger partial charge in [-0.05, 0) is 18.6 Å². The molecule has 1 heterocycles. The van der Waals surface area contributed by atoms with E-state index in [0.29, 0.717) is 0 Å². The Kier molecular flexibility index (Phi) is 1.77. The Morgan fingerprint density at radius 2 is 2.33 bits per heavy atom. The smallest absolute Gasteiger partial charge is 0.164 e. The van der Waals surface area contributed by atoms with E-state index in [4.69, 9.17) is 0 Å². The van der Waals surface area contributed by atoms with Crippen LogP contribution in [0.4, 0.5) is 0 Å². The van der Waals surface area contributed by atoms with Crippen molar-refractivity contribution >= 4 is 0 Å². The molecule has 0 aliphatic rings. The second kappa shape index (κ2) is 2.57.